The van der Waals surface area contributed by atoms with E-state index < -0.39 is 0 Å². The van der Waals surface area contributed by atoms with Gasteiger partial charge in [-0.25, -0.2) is 8.10 Å². The zero-order chi connectivity index (χ0) is 7.56. The van der Waals surface area contributed by atoms with E-state index in [2.05, 4.69) is 4.98 Å². The number of carbonyl (C=O) groups is 1. The Morgan fingerprint density at radius 2 is 2.60 bits per heavy atom. The molecule has 5 heteroatoms. The Labute approximate surface area is 76.6 Å². The van der Waals surface area contributed by atoms with Crippen LogP contribution in [0.25, 0.3) is 0 Å². The molecule has 0 aromatic carbocycles. The van der Waals surface area contributed by atoms with Crippen LogP contribution in [0.1, 0.15) is 6.92 Å². The first-order valence-corrected chi connectivity index (χ1v) is 4.42. The van der Waals surface area contributed by atoms with E-state index in [1.165, 1.54) is 21.4 Å². The number of anilines is 1. The standard InChI is InChI=1S/C5H5IN2OS/c1-4(9)8(6)5-7-2-3-10-5/h2-3H,1H3. The van der Waals surface area contributed by atoms with Crippen LogP contribution in [0.15, 0.2) is 11.6 Å². The summed E-state index contributed by atoms with van der Waals surface area (Å²) < 4.78 is 1.49. The Kier molecular flexibility index (Phi) is 2.61. The number of hydrogen-bond donors (Lipinski definition) is 0. The maximum absolute atomic E-state index is 10.7. The molecule has 0 radical (unpaired) electrons. The molecule has 0 unspecified atom stereocenters. The molecular weight excluding hydrogens is 263 g/mol. The first-order valence-electron chi connectivity index (χ1n) is 2.58. The highest BCUT2D eigenvalue weighted by atomic mass is 127. The molecule has 0 aliphatic heterocycles. The van der Waals surface area contributed by atoms with Gasteiger partial charge in [0, 0.05) is 18.5 Å². The van der Waals surface area contributed by atoms with E-state index in [1.807, 2.05) is 28.2 Å². The topological polar surface area (TPSA) is 33.2 Å². The summed E-state index contributed by atoms with van der Waals surface area (Å²) in [6.07, 6.45) is 1.68. The summed E-state index contributed by atoms with van der Waals surface area (Å²) in [7, 11) is 0. The lowest BCUT2D eigenvalue weighted by Crippen LogP contribution is -2.14. The third-order valence-corrected chi connectivity index (χ3v) is 3.08. The number of carbonyl (C=O) groups excluding carboxylic acids is 1. The predicted octanol–water partition coefficient (Wildman–Crippen LogP) is 1.85. The average molecular weight is 268 g/mol. The molecule has 0 spiro atoms. The fourth-order valence-corrected chi connectivity index (χ4v) is 1.50. The lowest BCUT2D eigenvalue weighted by atomic mass is 10.7. The van der Waals surface area contributed by atoms with E-state index in [9.17, 15) is 4.79 Å². The second kappa shape index (κ2) is 3.29. The summed E-state index contributed by atoms with van der Waals surface area (Å²) in [6.45, 7) is 1.51. The molecule has 0 N–H and O–H groups in total. The number of amides is 1. The van der Waals surface area contributed by atoms with Gasteiger partial charge in [0.05, 0.1) is 22.9 Å². The van der Waals surface area contributed by atoms with Crippen molar-refractivity contribution < 1.29 is 4.79 Å². The Morgan fingerprint density at radius 1 is 1.90 bits per heavy atom. The van der Waals surface area contributed by atoms with Gasteiger partial charge in [-0.15, -0.1) is 11.3 Å². The van der Waals surface area contributed by atoms with Gasteiger partial charge in [0.25, 0.3) is 0 Å². The van der Waals surface area contributed by atoms with Gasteiger partial charge in [-0.2, -0.15) is 0 Å². The third-order valence-electron chi connectivity index (χ3n) is 0.864. The first kappa shape index (κ1) is 7.93. The van der Waals surface area contributed by atoms with Crippen molar-refractivity contribution >= 4 is 45.2 Å². The molecule has 1 aromatic rings. The highest BCUT2D eigenvalue weighted by molar-refractivity contribution is 14.1. The van der Waals surface area contributed by atoms with Crippen molar-refractivity contribution in [3.63, 3.8) is 0 Å². The van der Waals surface area contributed by atoms with E-state index in [4.69, 9.17) is 0 Å². The number of halogens is 1. The highest BCUT2D eigenvalue weighted by Crippen LogP contribution is 2.20. The van der Waals surface area contributed by atoms with Crippen molar-refractivity contribution in [2.24, 2.45) is 0 Å². The fraction of sp³-hybridized carbons (Fsp3) is 0.200. The lowest BCUT2D eigenvalue weighted by molar-refractivity contribution is -0.115. The molecule has 0 bridgehead atoms. The van der Waals surface area contributed by atoms with Crippen LogP contribution in [-0.2, 0) is 4.79 Å². The molecule has 54 valence electrons. The predicted molar refractivity (Wildman–Crippen MR) is 49.3 cm³/mol. The molecular formula is C5H5IN2OS. The van der Waals surface area contributed by atoms with Crippen LogP contribution in [-0.4, -0.2) is 10.9 Å². The van der Waals surface area contributed by atoms with Crippen LogP contribution < -0.4 is 3.11 Å². The van der Waals surface area contributed by atoms with Crippen molar-refractivity contribution in [1.82, 2.24) is 4.98 Å². The summed E-state index contributed by atoms with van der Waals surface area (Å²) in [5.74, 6) is -0.00412. The Morgan fingerprint density at radius 3 is 3.00 bits per heavy atom. The Hall–Kier alpha value is -0.170. The summed E-state index contributed by atoms with van der Waals surface area (Å²) >= 11 is 3.37. The average Bonchev–Trinajstić information content (AvgIpc) is 2.36. The van der Waals surface area contributed by atoms with E-state index in [-0.39, 0.29) is 5.91 Å². The molecule has 0 aliphatic rings. The van der Waals surface area contributed by atoms with Gasteiger partial charge in [-0.05, 0) is 0 Å². The van der Waals surface area contributed by atoms with Crippen LogP contribution in [0.3, 0.4) is 0 Å². The highest BCUT2D eigenvalue weighted by Gasteiger charge is 2.08. The summed E-state index contributed by atoms with van der Waals surface area (Å²) in [6, 6.07) is 0. The minimum absolute atomic E-state index is 0.00412. The van der Waals surface area contributed by atoms with Gasteiger partial charge in [-0.3, -0.25) is 4.79 Å². The van der Waals surface area contributed by atoms with Gasteiger partial charge in [-0.1, -0.05) is 0 Å². The molecule has 0 saturated heterocycles. The number of rotatable bonds is 1. The molecule has 0 saturated carbocycles. The van der Waals surface area contributed by atoms with Gasteiger partial charge >= 0.3 is 0 Å². The molecule has 3 nitrogen and oxygen atoms in total. The van der Waals surface area contributed by atoms with E-state index in [0.717, 1.165) is 5.13 Å². The first-order chi connectivity index (χ1) is 4.72. The smallest absolute Gasteiger partial charge is 0.234 e. The van der Waals surface area contributed by atoms with Gasteiger partial charge in [0.2, 0.25) is 11.0 Å². The van der Waals surface area contributed by atoms with Gasteiger partial charge in [0.15, 0.2) is 0 Å². The van der Waals surface area contributed by atoms with Crippen LogP contribution >= 0.6 is 34.2 Å². The van der Waals surface area contributed by atoms with Crippen LogP contribution in [0.4, 0.5) is 5.13 Å². The largest absolute Gasteiger partial charge is 0.274 e. The Balaban J connectivity index is 2.77. The molecule has 1 aromatic heterocycles. The number of hydrogen-bond acceptors (Lipinski definition) is 3. The maximum Gasteiger partial charge on any atom is 0.234 e. The quantitative estimate of drug-likeness (QED) is 0.575. The van der Waals surface area contributed by atoms with E-state index in [1.54, 1.807) is 6.20 Å². The molecule has 1 rings (SSSR count). The van der Waals surface area contributed by atoms with Crippen molar-refractivity contribution in [2.75, 3.05) is 3.11 Å². The monoisotopic (exact) mass is 268 g/mol. The second-order valence-electron chi connectivity index (χ2n) is 1.61. The summed E-state index contributed by atoms with van der Waals surface area (Å²) in [4.78, 5) is 14.7. The molecule has 1 amide bonds. The van der Waals surface area contributed by atoms with Gasteiger partial charge in [0.1, 0.15) is 0 Å². The molecule has 0 atom stereocenters. The third kappa shape index (κ3) is 1.66. The molecule has 1 heterocycles. The molecule has 0 aliphatic carbocycles. The normalized spacial score (nSPS) is 9.40. The van der Waals surface area contributed by atoms with Crippen molar-refractivity contribution in [2.45, 2.75) is 6.92 Å². The lowest BCUT2D eigenvalue weighted by Gasteiger charge is -2.05. The van der Waals surface area contributed by atoms with Crippen molar-refractivity contribution in [3.8, 4) is 0 Å². The summed E-state index contributed by atoms with van der Waals surface area (Å²) in [5, 5.41) is 2.57. The number of nitrogens with zero attached hydrogens (tertiary/aromatic N) is 2. The molecule has 10 heavy (non-hydrogen) atoms. The van der Waals surface area contributed by atoms with Crippen LogP contribution in [0.5, 0.6) is 0 Å². The Bertz CT molecular complexity index is 224. The second-order valence-corrected chi connectivity index (χ2v) is 3.45. The van der Waals surface area contributed by atoms with Crippen LogP contribution in [0, 0.1) is 0 Å². The number of aromatic nitrogens is 1. The SMILES string of the molecule is CC(=O)N(I)c1nccs1. The van der Waals surface area contributed by atoms with Crippen molar-refractivity contribution in [1.29, 1.82) is 0 Å². The van der Waals surface area contributed by atoms with Crippen molar-refractivity contribution in [3.05, 3.63) is 11.6 Å². The van der Waals surface area contributed by atoms with E-state index >= 15 is 0 Å². The maximum atomic E-state index is 10.7. The zero-order valence-corrected chi connectivity index (χ0v) is 8.22. The summed E-state index contributed by atoms with van der Waals surface area (Å²) in [5.41, 5.74) is 0. The fourth-order valence-electron chi connectivity index (χ4n) is 0.448. The molecule has 0 fully saturated rings. The van der Waals surface area contributed by atoms with E-state index in [0.29, 0.717) is 0 Å². The van der Waals surface area contributed by atoms with Crippen LogP contribution in [0.2, 0.25) is 0 Å². The number of thiazole rings is 1. The minimum Gasteiger partial charge on any atom is -0.274 e. The zero-order valence-electron chi connectivity index (χ0n) is 5.24. The minimum atomic E-state index is -0.00412. The van der Waals surface area contributed by atoms with Gasteiger partial charge < -0.3 is 0 Å².